The Kier molecular flexibility index (Phi) is 12.2. The summed E-state index contributed by atoms with van der Waals surface area (Å²) < 4.78 is 39.1. The predicted molar refractivity (Wildman–Crippen MR) is 146 cm³/mol. The third-order valence-corrected chi connectivity index (χ3v) is 6.84. The van der Waals surface area contributed by atoms with Gasteiger partial charge in [-0.25, -0.2) is 8.42 Å². The van der Waals surface area contributed by atoms with E-state index in [1.807, 2.05) is 0 Å². The van der Waals surface area contributed by atoms with Gasteiger partial charge >= 0.3 is 0 Å². The lowest BCUT2D eigenvalue weighted by atomic mass is 10.2. The minimum absolute atomic E-state index is 0. The van der Waals surface area contributed by atoms with Crippen LogP contribution in [0.2, 0.25) is 0 Å². The van der Waals surface area contributed by atoms with Gasteiger partial charge in [0.15, 0.2) is 0 Å². The molecule has 6 N–H and O–H groups in total. The van der Waals surface area contributed by atoms with Crippen LogP contribution in [-0.4, -0.2) is 50.7 Å². The Bertz CT molecular complexity index is 1160. The predicted octanol–water partition coefficient (Wildman–Crippen LogP) is 3.25. The molecule has 0 amide bonds. The van der Waals surface area contributed by atoms with Crippen LogP contribution >= 0.6 is 24.8 Å². The van der Waals surface area contributed by atoms with Crippen molar-refractivity contribution in [1.29, 1.82) is 10.8 Å². The number of sulfonamides is 1. The molecule has 0 heterocycles. The molecule has 0 fully saturated rings. The molecular weight excluding hydrogens is 525 g/mol. The second-order valence-corrected chi connectivity index (χ2v) is 9.23. The van der Waals surface area contributed by atoms with Gasteiger partial charge in [0, 0.05) is 24.2 Å². The fourth-order valence-corrected chi connectivity index (χ4v) is 4.51. The first kappa shape index (κ1) is 30.7. The molecule has 0 unspecified atom stereocenters. The van der Waals surface area contributed by atoms with E-state index in [4.69, 9.17) is 31.8 Å². The van der Waals surface area contributed by atoms with Crippen molar-refractivity contribution >= 4 is 46.5 Å². The number of ether oxygens (including phenoxy) is 2. The van der Waals surface area contributed by atoms with E-state index in [1.165, 1.54) is 4.31 Å². The average molecular weight is 555 g/mol. The Hall–Kier alpha value is -3.31. The smallest absolute Gasteiger partial charge is 0.243 e. The van der Waals surface area contributed by atoms with Gasteiger partial charge in [0.05, 0.1) is 4.90 Å². The maximum atomic E-state index is 13.2. The summed E-state index contributed by atoms with van der Waals surface area (Å²) in [5.74, 6) is 1.01. The Balaban J connectivity index is 0.00000324. The van der Waals surface area contributed by atoms with Gasteiger partial charge in [0.2, 0.25) is 10.0 Å². The van der Waals surface area contributed by atoms with Crippen LogP contribution in [0.15, 0.2) is 83.8 Å². The highest BCUT2D eigenvalue weighted by atomic mass is 35.5. The lowest BCUT2D eigenvalue weighted by Gasteiger charge is -2.22. The molecule has 0 spiro atoms. The monoisotopic (exact) mass is 553 g/mol. The van der Waals surface area contributed by atoms with Crippen LogP contribution in [0.25, 0.3) is 0 Å². The molecule has 0 saturated heterocycles. The van der Waals surface area contributed by atoms with Gasteiger partial charge in [-0.1, -0.05) is 18.2 Å². The van der Waals surface area contributed by atoms with Crippen molar-refractivity contribution in [2.45, 2.75) is 4.90 Å². The number of hydrogen-bond donors (Lipinski definition) is 4. The first-order chi connectivity index (χ1) is 16.3. The number of nitrogens with zero attached hydrogens (tertiary/aromatic N) is 1. The zero-order valence-corrected chi connectivity index (χ0v) is 21.7. The van der Waals surface area contributed by atoms with E-state index in [1.54, 1.807) is 78.9 Å². The van der Waals surface area contributed by atoms with E-state index in [-0.39, 0.29) is 67.7 Å². The van der Waals surface area contributed by atoms with Crippen molar-refractivity contribution in [1.82, 2.24) is 4.31 Å². The summed E-state index contributed by atoms with van der Waals surface area (Å²) >= 11 is 0. The van der Waals surface area contributed by atoms with Gasteiger partial charge in [-0.2, -0.15) is 4.31 Å². The van der Waals surface area contributed by atoms with Crippen molar-refractivity contribution in [2.24, 2.45) is 11.5 Å². The molecular formula is C24H29Cl2N5O4S. The fourth-order valence-electron chi connectivity index (χ4n) is 3.09. The number of halogens is 2. The summed E-state index contributed by atoms with van der Waals surface area (Å²) in [5.41, 5.74) is 12.1. The minimum Gasteiger partial charge on any atom is -0.492 e. The normalized spacial score (nSPS) is 10.6. The molecule has 0 aliphatic rings. The lowest BCUT2D eigenvalue weighted by Crippen LogP contribution is -2.37. The number of benzene rings is 3. The summed E-state index contributed by atoms with van der Waals surface area (Å²) in [4.78, 5) is 0.187. The zero-order chi connectivity index (χ0) is 24.6. The maximum Gasteiger partial charge on any atom is 0.243 e. The first-order valence-electron chi connectivity index (χ1n) is 10.5. The first-order valence-corrected chi connectivity index (χ1v) is 11.9. The Morgan fingerprint density at radius 3 is 1.44 bits per heavy atom. The summed E-state index contributed by atoms with van der Waals surface area (Å²) in [6.07, 6.45) is 0. The molecule has 0 aliphatic heterocycles. The second-order valence-electron chi connectivity index (χ2n) is 7.29. The van der Waals surface area contributed by atoms with Crippen LogP contribution in [0, 0.1) is 10.8 Å². The minimum atomic E-state index is -3.76. The van der Waals surface area contributed by atoms with E-state index in [0.717, 1.165) is 0 Å². The molecule has 0 bridgehead atoms. The van der Waals surface area contributed by atoms with Gasteiger partial charge in [-0.05, 0) is 60.7 Å². The molecule has 0 radical (unpaired) electrons. The van der Waals surface area contributed by atoms with Gasteiger partial charge < -0.3 is 20.9 Å². The van der Waals surface area contributed by atoms with Crippen molar-refractivity contribution in [3.8, 4) is 11.5 Å². The highest BCUT2D eigenvalue weighted by molar-refractivity contribution is 7.89. The standard InChI is InChI=1S/C24H27N5O4S.2ClH/c25-23(26)18-6-10-20(11-7-18)32-16-14-29(34(30,31)22-4-2-1-3-5-22)15-17-33-21-12-8-19(9-13-21)24(27)28;;/h1-13H,14-17H2,(H3,25,26)(H3,27,28);2*1H. The maximum absolute atomic E-state index is 13.2. The summed E-state index contributed by atoms with van der Waals surface area (Å²) in [6.45, 7) is 0.466. The molecule has 3 aromatic carbocycles. The quantitative estimate of drug-likeness (QED) is 0.199. The van der Waals surface area contributed by atoms with Crippen molar-refractivity contribution < 1.29 is 17.9 Å². The molecule has 0 aliphatic carbocycles. The average Bonchev–Trinajstić information content (AvgIpc) is 2.84. The number of nitrogen functional groups attached to an aromatic ring is 2. The van der Waals surface area contributed by atoms with Crippen molar-refractivity contribution in [3.05, 3.63) is 90.0 Å². The van der Waals surface area contributed by atoms with Crippen LogP contribution < -0.4 is 20.9 Å². The summed E-state index contributed by atoms with van der Waals surface area (Å²) in [7, 11) is -3.76. The van der Waals surface area contributed by atoms with E-state index in [9.17, 15) is 8.42 Å². The molecule has 12 heteroatoms. The van der Waals surface area contributed by atoms with Crippen molar-refractivity contribution in [2.75, 3.05) is 26.3 Å². The number of rotatable bonds is 12. The van der Waals surface area contributed by atoms with Crippen molar-refractivity contribution in [3.63, 3.8) is 0 Å². The fraction of sp³-hybridized carbons (Fsp3) is 0.167. The van der Waals surface area contributed by atoms with Gasteiger partial charge in [0.25, 0.3) is 0 Å². The van der Waals surface area contributed by atoms with Crippen LogP contribution in [-0.2, 0) is 10.0 Å². The summed E-state index contributed by atoms with van der Waals surface area (Å²) in [5, 5.41) is 14.9. The van der Waals surface area contributed by atoms with E-state index in [0.29, 0.717) is 22.6 Å². The summed E-state index contributed by atoms with van der Waals surface area (Å²) in [6, 6.07) is 21.6. The number of hydrogen-bond acceptors (Lipinski definition) is 6. The topological polar surface area (TPSA) is 156 Å². The molecule has 0 atom stereocenters. The second kappa shape index (κ2) is 14.3. The van der Waals surface area contributed by atoms with Gasteiger partial charge in [0.1, 0.15) is 36.4 Å². The van der Waals surface area contributed by atoms with E-state index < -0.39 is 10.0 Å². The molecule has 0 saturated carbocycles. The Morgan fingerprint density at radius 1 is 0.694 bits per heavy atom. The van der Waals surface area contributed by atoms with E-state index in [2.05, 4.69) is 0 Å². The van der Waals surface area contributed by atoms with Gasteiger partial charge in [-0.15, -0.1) is 24.8 Å². The lowest BCUT2D eigenvalue weighted by molar-refractivity contribution is 0.237. The zero-order valence-electron chi connectivity index (χ0n) is 19.3. The van der Waals surface area contributed by atoms with Crippen LogP contribution in [0.4, 0.5) is 0 Å². The highest BCUT2D eigenvalue weighted by Crippen LogP contribution is 2.17. The number of amidine groups is 2. The SMILES string of the molecule is Cl.Cl.N=C(N)c1ccc(OCCN(CCOc2ccc(C(=N)N)cc2)S(=O)(=O)c2ccccc2)cc1. The Morgan fingerprint density at radius 2 is 1.08 bits per heavy atom. The van der Waals surface area contributed by atoms with Gasteiger partial charge in [-0.3, -0.25) is 10.8 Å². The third kappa shape index (κ3) is 8.42. The molecule has 194 valence electrons. The molecule has 9 nitrogen and oxygen atoms in total. The van der Waals surface area contributed by atoms with Crippen LogP contribution in [0.1, 0.15) is 11.1 Å². The van der Waals surface area contributed by atoms with Crippen LogP contribution in [0.5, 0.6) is 11.5 Å². The largest absolute Gasteiger partial charge is 0.492 e. The molecule has 36 heavy (non-hydrogen) atoms. The third-order valence-electron chi connectivity index (χ3n) is 4.93. The number of nitrogens with two attached hydrogens (primary N) is 2. The molecule has 3 rings (SSSR count). The van der Waals surface area contributed by atoms with Crippen LogP contribution in [0.3, 0.4) is 0 Å². The highest BCUT2D eigenvalue weighted by Gasteiger charge is 2.24. The Labute approximate surface area is 223 Å². The number of nitrogens with one attached hydrogen (secondary N) is 2. The molecule has 3 aromatic rings. The van der Waals surface area contributed by atoms with E-state index >= 15 is 0 Å². The molecule has 0 aromatic heterocycles.